The molecule has 3 aromatic rings. The Hall–Kier alpha value is -2.34. The van der Waals surface area contributed by atoms with Gasteiger partial charge in [0.2, 0.25) is 0 Å². The zero-order valence-corrected chi connectivity index (χ0v) is 14.7. The van der Waals surface area contributed by atoms with Crippen molar-refractivity contribution in [3.05, 3.63) is 54.4 Å². The second-order valence-electron chi connectivity index (χ2n) is 5.63. The molecular formula is C18H21N3O2S. The molecule has 3 rings (SSSR count). The van der Waals surface area contributed by atoms with Gasteiger partial charge in [-0.1, -0.05) is 31.2 Å². The van der Waals surface area contributed by atoms with Gasteiger partial charge in [0.05, 0.1) is 27.4 Å². The molecule has 5 nitrogen and oxygen atoms in total. The molecule has 0 aliphatic rings. The number of fused-ring (bicyclic) bond motifs is 1. The van der Waals surface area contributed by atoms with Gasteiger partial charge in [-0.15, -0.1) is 0 Å². The van der Waals surface area contributed by atoms with Gasteiger partial charge in [0.25, 0.3) is 0 Å². The Balaban J connectivity index is 1.79. The van der Waals surface area contributed by atoms with Crippen molar-refractivity contribution in [3.63, 3.8) is 0 Å². The summed E-state index contributed by atoms with van der Waals surface area (Å²) in [4.78, 5) is 4.91. The molecule has 0 fully saturated rings. The van der Waals surface area contributed by atoms with Crippen molar-refractivity contribution in [2.75, 3.05) is 17.6 Å². The zero-order chi connectivity index (χ0) is 17.2. The number of hydrogen-bond donors (Lipinski definition) is 1. The molecule has 0 aliphatic carbocycles. The van der Waals surface area contributed by atoms with Gasteiger partial charge in [0.15, 0.2) is 9.84 Å². The van der Waals surface area contributed by atoms with Crippen LogP contribution in [0, 0.1) is 6.92 Å². The van der Waals surface area contributed by atoms with Crippen LogP contribution in [0.15, 0.2) is 53.4 Å². The number of benzene rings is 2. The lowest BCUT2D eigenvalue weighted by Crippen LogP contribution is -2.14. The third-order valence-electron chi connectivity index (χ3n) is 4.10. The van der Waals surface area contributed by atoms with Crippen LogP contribution in [0.4, 0.5) is 5.69 Å². The molecule has 126 valence electrons. The number of nitrogens with zero attached hydrogens (tertiary/aromatic N) is 2. The number of sulfone groups is 1. The second kappa shape index (κ2) is 6.65. The summed E-state index contributed by atoms with van der Waals surface area (Å²) >= 11 is 0. The first-order valence-electron chi connectivity index (χ1n) is 8.00. The lowest BCUT2D eigenvalue weighted by Gasteiger charge is -2.13. The van der Waals surface area contributed by atoms with E-state index in [2.05, 4.69) is 14.9 Å². The van der Waals surface area contributed by atoms with Crippen LogP contribution in [0.1, 0.15) is 12.7 Å². The summed E-state index contributed by atoms with van der Waals surface area (Å²) in [5, 5.41) is 3.26. The molecule has 6 heteroatoms. The number of rotatable bonds is 6. The van der Waals surface area contributed by atoms with Gasteiger partial charge < -0.3 is 9.88 Å². The van der Waals surface area contributed by atoms with Gasteiger partial charge in [0.1, 0.15) is 5.82 Å². The Kier molecular flexibility index (Phi) is 4.57. The highest BCUT2D eigenvalue weighted by atomic mass is 32.2. The van der Waals surface area contributed by atoms with E-state index in [4.69, 9.17) is 0 Å². The van der Waals surface area contributed by atoms with E-state index in [1.165, 1.54) is 0 Å². The van der Waals surface area contributed by atoms with Crippen LogP contribution in [0.25, 0.3) is 11.0 Å². The summed E-state index contributed by atoms with van der Waals surface area (Å²) in [7, 11) is -3.24. The van der Waals surface area contributed by atoms with E-state index >= 15 is 0 Å². The average Bonchev–Trinajstić information content (AvgIpc) is 2.91. The van der Waals surface area contributed by atoms with Gasteiger partial charge in [-0.25, -0.2) is 13.4 Å². The minimum atomic E-state index is -3.24. The molecule has 0 bridgehead atoms. The van der Waals surface area contributed by atoms with Crippen LogP contribution in [0.3, 0.4) is 0 Å². The Morgan fingerprint density at radius 2 is 1.79 bits per heavy atom. The molecule has 24 heavy (non-hydrogen) atoms. The summed E-state index contributed by atoms with van der Waals surface area (Å²) in [6.07, 6.45) is 0. The number of anilines is 1. The van der Waals surface area contributed by atoms with Gasteiger partial charge in [-0.3, -0.25) is 0 Å². The van der Waals surface area contributed by atoms with Gasteiger partial charge in [-0.05, 0) is 31.2 Å². The molecule has 2 aromatic carbocycles. The van der Waals surface area contributed by atoms with E-state index in [0.29, 0.717) is 23.7 Å². The first kappa shape index (κ1) is 16.5. The number of aromatic nitrogens is 2. The minimum absolute atomic E-state index is 0.0942. The highest BCUT2D eigenvalue weighted by Gasteiger charge is 2.15. The van der Waals surface area contributed by atoms with E-state index < -0.39 is 9.84 Å². The summed E-state index contributed by atoms with van der Waals surface area (Å²) in [5.74, 6) is 1.05. The Morgan fingerprint density at radius 3 is 2.58 bits per heavy atom. The average molecular weight is 343 g/mol. The van der Waals surface area contributed by atoms with Crippen molar-refractivity contribution < 1.29 is 8.42 Å². The predicted molar refractivity (Wildman–Crippen MR) is 97.1 cm³/mol. The molecule has 0 amide bonds. The van der Waals surface area contributed by atoms with Crippen LogP contribution in [-0.2, 0) is 16.4 Å². The van der Waals surface area contributed by atoms with Crippen LogP contribution in [0.2, 0.25) is 0 Å². The summed E-state index contributed by atoms with van der Waals surface area (Å²) < 4.78 is 26.5. The monoisotopic (exact) mass is 343 g/mol. The lowest BCUT2D eigenvalue weighted by atomic mass is 10.3. The van der Waals surface area contributed by atoms with E-state index in [1.54, 1.807) is 25.1 Å². The molecule has 0 unspecified atom stereocenters. The molecule has 0 spiro atoms. The molecule has 0 atom stereocenters. The molecule has 1 N–H and O–H groups in total. The highest BCUT2D eigenvalue weighted by molar-refractivity contribution is 7.91. The highest BCUT2D eigenvalue weighted by Crippen LogP contribution is 2.22. The number of imidazole rings is 1. The fourth-order valence-corrected chi connectivity index (χ4v) is 3.89. The smallest absolute Gasteiger partial charge is 0.180 e. The van der Waals surface area contributed by atoms with Crippen molar-refractivity contribution in [1.82, 2.24) is 9.55 Å². The molecule has 0 saturated heterocycles. The van der Waals surface area contributed by atoms with E-state index in [9.17, 15) is 8.42 Å². The first-order chi connectivity index (χ1) is 11.5. The minimum Gasteiger partial charge on any atom is -0.382 e. The third-order valence-corrected chi connectivity index (χ3v) is 5.88. The maximum atomic E-state index is 12.2. The quantitative estimate of drug-likeness (QED) is 0.746. The Labute approximate surface area is 142 Å². The molecule has 0 radical (unpaired) electrons. The Bertz CT molecular complexity index is 961. The van der Waals surface area contributed by atoms with Crippen LogP contribution >= 0.6 is 0 Å². The maximum absolute atomic E-state index is 12.2. The summed E-state index contributed by atoms with van der Waals surface area (Å²) in [5.41, 5.74) is 2.72. The van der Waals surface area contributed by atoms with Crippen molar-refractivity contribution in [1.29, 1.82) is 0 Å². The number of hydrogen-bond acceptors (Lipinski definition) is 4. The topological polar surface area (TPSA) is 64.0 Å². The van der Waals surface area contributed by atoms with Crippen molar-refractivity contribution in [2.24, 2.45) is 0 Å². The van der Waals surface area contributed by atoms with Gasteiger partial charge in [0, 0.05) is 13.1 Å². The van der Waals surface area contributed by atoms with Gasteiger partial charge >= 0.3 is 0 Å². The fraction of sp³-hybridized carbons (Fsp3) is 0.278. The molecule has 0 aliphatic heterocycles. The fourth-order valence-electron chi connectivity index (χ4n) is 2.82. The molecule has 0 saturated carbocycles. The van der Waals surface area contributed by atoms with Crippen LogP contribution in [0.5, 0.6) is 0 Å². The molecule has 1 aromatic heterocycles. The summed E-state index contributed by atoms with van der Waals surface area (Å²) in [6.45, 7) is 4.98. The zero-order valence-electron chi connectivity index (χ0n) is 13.9. The number of nitrogens with one attached hydrogen (secondary N) is 1. The van der Waals surface area contributed by atoms with Crippen LogP contribution in [-0.4, -0.2) is 30.3 Å². The molecular weight excluding hydrogens is 322 g/mol. The van der Waals surface area contributed by atoms with E-state index in [-0.39, 0.29) is 5.75 Å². The summed E-state index contributed by atoms with van der Waals surface area (Å²) in [6, 6.07) is 15.1. The number of aryl methyl sites for hydroxylation is 1. The van der Waals surface area contributed by atoms with Gasteiger partial charge in [-0.2, -0.15) is 0 Å². The standard InChI is InChI=1S/C18H21N3O2S/c1-3-24(22,23)18-11-7-5-9-16(18)19-12-13-21-14(2)20-15-8-4-6-10-17(15)21/h4-11,19H,3,12-13H2,1-2H3. The second-order valence-corrected chi connectivity index (χ2v) is 7.87. The third kappa shape index (κ3) is 3.14. The Morgan fingerprint density at radius 1 is 1.08 bits per heavy atom. The predicted octanol–water partition coefficient (Wildman–Crippen LogP) is 3.25. The van der Waals surface area contributed by atoms with E-state index in [1.807, 2.05) is 37.3 Å². The lowest BCUT2D eigenvalue weighted by molar-refractivity contribution is 0.597. The van der Waals surface area contributed by atoms with E-state index in [0.717, 1.165) is 16.9 Å². The van der Waals surface area contributed by atoms with Crippen molar-refractivity contribution >= 4 is 26.6 Å². The maximum Gasteiger partial charge on any atom is 0.180 e. The normalized spacial score (nSPS) is 11.8. The molecule has 1 heterocycles. The first-order valence-corrected chi connectivity index (χ1v) is 9.65. The van der Waals surface area contributed by atoms with Crippen LogP contribution < -0.4 is 5.32 Å². The SMILES string of the molecule is CCS(=O)(=O)c1ccccc1NCCn1c(C)nc2ccccc21. The largest absolute Gasteiger partial charge is 0.382 e. The number of para-hydroxylation sites is 3. The van der Waals surface area contributed by atoms with Crippen molar-refractivity contribution in [2.45, 2.75) is 25.3 Å². The van der Waals surface area contributed by atoms with Crippen molar-refractivity contribution in [3.8, 4) is 0 Å².